The molecular formula is C22H50NaO5P. The van der Waals surface area contributed by atoms with Crippen LogP contribution in [0.25, 0.3) is 0 Å². The van der Waals surface area contributed by atoms with Crippen molar-refractivity contribution in [1.29, 1.82) is 0 Å². The Labute approximate surface area is 203 Å². The first-order valence-electron chi connectivity index (χ1n) is 11.8. The van der Waals surface area contributed by atoms with E-state index in [9.17, 15) is 4.57 Å². The zero-order chi connectivity index (χ0) is 21.3. The van der Waals surface area contributed by atoms with Crippen LogP contribution in [-0.2, 0) is 13.8 Å². The van der Waals surface area contributed by atoms with Crippen molar-refractivity contribution in [1.82, 2.24) is 0 Å². The molecular weight excluding hydrogens is 398 g/mol. The molecule has 0 aromatic heterocycles. The molecule has 0 aliphatic heterocycles. The minimum atomic E-state index is -4.26. The molecule has 0 bridgehead atoms. The zero-order valence-corrected chi connectivity index (χ0v) is 19.9. The van der Waals surface area contributed by atoms with E-state index in [1.165, 1.54) is 83.5 Å². The molecule has 0 amide bonds. The molecule has 7 heteroatoms. The summed E-state index contributed by atoms with van der Waals surface area (Å²) in [6, 6.07) is 0. The molecule has 0 radical (unpaired) electrons. The summed E-state index contributed by atoms with van der Waals surface area (Å²) >= 11 is 0. The van der Waals surface area contributed by atoms with Crippen molar-refractivity contribution >= 4 is 37.4 Å². The van der Waals surface area contributed by atoms with E-state index >= 15 is 0 Å². The van der Waals surface area contributed by atoms with Crippen LogP contribution in [0.15, 0.2) is 0 Å². The van der Waals surface area contributed by atoms with Gasteiger partial charge in [-0.1, -0.05) is 103 Å². The Morgan fingerprint density at radius 1 is 0.586 bits per heavy atom. The Kier molecular flexibility index (Phi) is 34.8. The SMILES string of the molecule is CCCCCCCCCCCCCCCCCCOP(=O)(O)O.CCOCC.[NaH]. The summed E-state index contributed by atoms with van der Waals surface area (Å²) in [4.78, 5) is 17.1. The second-order valence-electron chi connectivity index (χ2n) is 7.41. The monoisotopic (exact) mass is 448 g/mol. The predicted molar refractivity (Wildman–Crippen MR) is 127 cm³/mol. The maximum absolute atomic E-state index is 10.5. The van der Waals surface area contributed by atoms with E-state index in [2.05, 4.69) is 11.4 Å². The third kappa shape index (κ3) is 40.0. The van der Waals surface area contributed by atoms with Crippen molar-refractivity contribution in [2.24, 2.45) is 0 Å². The second-order valence-corrected chi connectivity index (χ2v) is 8.65. The fourth-order valence-electron chi connectivity index (χ4n) is 3.04. The van der Waals surface area contributed by atoms with E-state index in [0.717, 1.165) is 32.5 Å². The molecule has 0 saturated carbocycles. The summed E-state index contributed by atoms with van der Waals surface area (Å²) in [5.41, 5.74) is 0. The average molecular weight is 449 g/mol. The molecule has 29 heavy (non-hydrogen) atoms. The van der Waals surface area contributed by atoms with E-state index in [-0.39, 0.29) is 36.2 Å². The first kappa shape index (κ1) is 34.7. The van der Waals surface area contributed by atoms with Crippen LogP contribution in [0, 0.1) is 0 Å². The number of hydrogen-bond acceptors (Lipinski definition) is 3. The van der Waals surface area contributed by atoms with Crippen molar-refractivity contribution in [2.75, 3.05) is 19.8 Å². The first-order valence-corrected chi connectivity index (χ1v) is 13.3. The third-order valence-corrected chi connectivity index (χ3v) is 5.18. The Morgan fingerprint density at radius 2 is 0.897 bits per heavy atom. The maximum atomic E-state index is 10.5. The van der Waals surface area contributed by atoms with Crippen molar-refractivity contribution < 1.29 is 23.6 Å². The van der Waals surface area contributed by atoms with Gasteiger partial charge in [0, 0.05) is 13.2 Å². The van der Waals surface area contributed by atoms with Crippen LogP contribution >= 0.6 is 7.82 Å². The van der Waals surface area contributed by atoms with Crippen LogP contribution < -0.4 is 0 Å². The van der Waals surface area contributed by atoms with E-state index in [1.54, 1.807) is 0 Å². The van der Waals surface area contributed by atoms with Crippen LogP contribution in [0.5, 0.6) is 0 Å². The van der Waals surface area contributed by atoms with E-state index < -0.39 is 7.82 Å². The number of hydrogen-bond donors (Lipinski definition) is 2. The number of phosphoric ester groups is 1. The molecule has 0 aliphatic rings. The molecule has 0 atom stereocenters. The number of unbranched alkanes of at least 4 members (excludes halogenated alkanes) is 15. The van der Waals surface area contributed by atoms with Crippen molar-refractivity contribution in [3.8, 4) is 0 Å². The first-order chi connectivity index (χ1) is 13.5. The molecule has 0 spiro atoms. The fourth-order valence-corrected chi connectivity index (χ4v) is 3.40. The standard InChI is InChI=1S/C18H39O4P.C4H10O.Na.H/c1-2-3-4-5-6-7-8-9-10-11-12-13-14-15-16-17-18-22-23(19,20)21;1-3-5-4-2;;/h2-18H2,1H3,(H2,19,20,21);3-4H2,1-2H3;;. The summed E-state index contributed by atoms with van der Waals surface area (Å²) in [6.45, 7) is 8.10. The van der Waals surface area contributed by atoms with Crippen LogP contribution in [0.1, 0.15) is 124 Å². The minimum absolute atomic E-state index is 0. The van der Waals surface area contributed by atoms with Gasteiger partial charge in [-0.15, -0.1) is 0 Å². The normalized spacial score (nSPS) is 10.9. The molecule has 0 saturated heterocycles. The summed E-state index contributed by atoms with van der Waals surface area (Å²) in [6.07, 6.45) is 20.7. The predicted octanol–water partition coefficient (Wildman–Crippen LogP) is 6.75. The van der Waals surface area contributed by atoms with Gasteiger partial charge in [0.15, 0.2) is 0 Å². The van der Waals surface area contributed by atoms with E-state index in [4.69, 9.17) is 14.5 Å². The summed E-state index contributed by atoms with van der Waals surface area (Å²) in [7, 11) is -4.26. The zero-order valence-electron chi connectivity index (χ0n) is 19.0. The average Bonchev–Trinajstić information content (AvgIpc) is 2.64. The molecule has 174 valence electrons. The van der Waals surface area contributed by atoms with Gasteiger partial charge in [-0.3, -0.25) is 4.52 Å². The Bertz CT molecular complexity index is 324. The van der Waals surface area contributed by atoms with Gasteiger partial charge in [0.2, 0.25) is 0 Å². The van der Waals surface area contributed by atoms with Gasteiger partial charge in [0.05, 0.1) is 6.61 Å². The fraction of sp³-hybridized carbons (Fsp3) is 1.00. The molecule has 0 aromatic rings. The van der Waals surface area contributed by atoms with Crippen molar-refractivity contribution in [2.45, 2.75) is 124 Å². The van der Waals surface area contributed by atoms with Gasteiger partial charge in [0.1, 0.15) is 0 Å². The third-order valence-electron chi connectivity index (χ3n) is 4.67. The van der Waals surface area contributed by atoms with Crippen LogP contribution in [-0.4, -0.2) is 59.2 Å². The van der Waals surface area contributed by atoms with E-state index in [1.807, 2.05) is 13.8 Å². The van der Waals surface area contributed by atoms with Gasteiger partial charge in [-0.2, -0.15) is 0 Å². The van der Waals surface area contributed by atoms with Gasteiger partial charge in [-0.25, -0.2) is 4.57 Å². The van der Waals surface area contributed by atoms with E-state index in [0.29, 0.717) is 0 Å². The van der Waals surface area contributed by atoms with Crippen molar-refractivity contribution in [3.05, 3.63) is 0 Å². The van der Waals surface area contributed by atoms with Gasteiger partial charge in [-0.05, 0) is 20.3 Å². The molecule has 0 fully saturated rings. The molecule has 0 aliphatic carbocycles. The molecule has 5 nitrogen and oxygen atoms in total. The molecule has 0 rings (SSSR count). The molecule has 0 unspecified atom stereocenters. The molecule has 0 heterocycles. The van der Waals surface area contributed by atoms with Crippen LogP contribution in [0.4, 0.5) is 0 Å². The summed E-state index contributed by atoms with van der Waals surface area (Å²) in [5.74, 6) is 0. The van der Waals surface area contributed by atoms with Gasteiger partial charge >= 0.3 is 37.4 Å². The van der Waals surface area contributed by atoms with Gasteiger partial charge < -0.3 is 14.5 Å². The van der Waals surface area contributed by atoms with Crippen LogP contribution in [0.2, 0.25) is 0 Å². The number of phosphoric acid groups is 1. The number of rotatable bonds is 20. The second kappa shape index (κ2) is 29.1. The Balaban J connectivity index is -0.000000997. The number of ether oxygens (including phenoxy) is 1. The van der Waals surface area contributed by atoms with Crippen LogP contribution in [0.3, 0.4) is 0 Å². The van der Waals surface area contributed by atoms with Crippen molar-refractivity contribution in [3.63, 3.8) is 0 Å². The Hall–Kier alpha value is 1.07. The summed E-state index contributed by atoms with van der Waals surface area (Å²) < 4.78 is 19.7. The Morgan fingerprint density at radius 3 is 1.14 bits per heavy atom. The quantitative estimate of drug-likeness (QED) is 0.122. The summed E-state index contributed by atoms with van der Waals surface area (Å²) in [5, 5.41) is 0. The molecule has 0 aromatic carbocycles. The topological polar surface area (TPSA) is 76.0 Å². The van der Waals surface area contributed by atoms with Gasteiger partial charge in [0.25, 0.3) is 0 Å². The molecule has 2 N–H and O–H groups in total.